The molecule has 0 amide bonds. The first kappa shape index (κ1) is 12.8. The Kier molecular flexibility index (Phi) is 3.47. The zero-order chi connectivity index (χ0) is 13.2. The Morgan fingerprint density at radius 2 is 2.33 bits per heavy atom. The molecule has 18 heavy (non-hydrogen) atoms. The van der Waals surface area contributed by atoms with Crippen molar-refractivity contribution in [1.29, 1.82) is 0 Å². The van der Waals surface area contributed by atoms with Crippen LogP contribution in [0.3, 0.4) is 0 Å². The molecular formula is C12H17N3O3. The van der Waals surface area contributed by atoms with Gasteiger partial charge in [-0.1, -0.05) is 0 Å². The second kappa shape index (κ2) is 4.89. The Bertz CT molecular complexity index is 458. The molecule has 1 aliphatic carbocycles. The van der Waals surface area contributed by atoms with Crippen LogP contribution in [0, 0.1) is 6.92 Å². The lowest BCUT2D eigenvalue weighted by molar-refractivity contribution is 0.0524. The minimum Gasteiger partial charge on any atom is -0.462 e. The average Bonchev–Trinajstić information content (AvgIpc) is 3.10. The number of hydrogen-bond donors (Lipinski definition) is 2. The zero-order valence-corrected chi connectivity index (χ0v) is 10.6. The van der Waals surface area contributed by atoms with Crippen molar-refractivity contribution in [3.05, 3.63) is 17.5 Å². The fourth-order valence-corrected chi connectivity index (χ4v) is 1.65. The van der Waals surface area contributed by atoms with Crippen molar-refractivity contribution >= 4 is 11.9 Å². The smallest absolute Gasteiger partial charge is 0.341 e. The van der Waals surface area contributed by atoms with E-state index in [1.165, 1.54) is 6.20 Å². The third-order valence-corrected chi connectivity index (χ3v) is 3.01. The number of esters is 1. The van der Waals surface area contributed by atoms with Gasteiger partial charge in [-0.15, -0.1) is 0 Å². The highest BCUT2D eigenvalue weighted by molar-refractivity contribution is 5.90. The highest BCUT2D eigenvalue weighted by atomic mass is 16.5. The Morgan fingerprint density at radius 1 is 1.61 bits per heavy atom. The quantitative estimate of drug-likeness (QED) is 0.756. The van der Waals surface area contributed by atoms with Crippen molar-refractivity contribution in [2.45, 2.75) is 32.2 Å². The van der Waals surface area contributed by atoms with E-state index in [1.807, 2.05) is 0 Å². The summed E-state index contributed by atoms with van der Waals surface area (Å²) < 4.78 is 4.90. The molecule has 1 heterocycles. The number of aromatic nitrogens is 2. The third kappa shape index (κ3) is 2.59. The largest absolute Gasteiger partial charge is 0.462 e. The molecule has 0 aromatic carbocycles. The number of aryl methyl sites for hydroxylation is 1. The first-order valence-electron chi connectivity index (χ1n) is 6.00. The normalized spacial score (nSPS) is 16.2. The Morgan fingerprint density at radius 3 is 2.83 bits per heavy atom. The van der Waals surface area contributed by atoms with Crippen LogP contribution >= 0.6 is 0 Å². The molecule has 0 aliphatic heterocycles. The molecule has 1 fully saturated rings. The molecule has 0 bridgehead atoms. The van der Waals surface area contributed by atoms with Gasteiger partial charge in [0.2, 0.25) is 5.95 Å². The maximum absolute atomic E-state index is 11.6. The molecule has 0 radical (unpaired) electrons. The second-order valence-corrected chi connectivity index (χ2v) is 4.48. The predicted molar refractivity (Wildman–Crippen MR) is 65.4 cm³/mol. The number of nitrogens with one attached hydrogen (secondary N) is 1. The molecule has 98 valence electrons. The highest BCUT2D eigenvalue weighted by Crippen LogP contribution is 2.37. The van der Waals surface area contributed by atoms with Crippen molar-refractivity contribution in [3.63, 3.8) is 0 Å². The van der Waals surface area contributed by atoms with Crippen LogP contribution in [0.2, 0.25) is 0 Å². The van der Waals surface area contributed by atoms with Crippen molar-refractivity contribution in [3.8, 4) is 0 Å². The van der Waals surface area contributed by atoms with Gasteiger partial charge in [-0.2, -0.15) is 0 Å². The van der Waals surface area contributed by atoms with Crippen LogP contribution in [-0.4, -0.2) is 39.8 Å². The van der Waals surface area contributed by atoms with E-state index >= 15 is 0 Å². The number of ether oxygens (including phenoxy) is 1. The van der Waals surface area contributed by atoms with E-state index in [2.05, 4.69) is 15.3 Å². The van der Waals surface area contributed by atoms with Gasteiger partial charge < -0.3 is 15.2 Å². The van der Waals surface area contributed by atoms with Gasteiger partial charge in [0.05, 0.1) is 30.0 Å². The van der Waals surface area contributed by atoms with E-state index in [-0.39, 0.29) is 12.1 Å². The molecule has 1 aromatic heterocycles. The SMILES string of the molecule is CCOC(=O)c1cnc(NC2(CO)CC2)nc1C. The molecular weight excluding hydrogens is 234 g/mol. The molecule has 0 unspecified atom stereocenters. The van der Waals surface area contributed by atoms with Crippen LogP contribution in [0.15, 0.2) is 6.20 Å². The van der Waals surface area contributed by atoms with E-state index < -0.39 is 5.97 Å². The number of hydrogen-bond acceptors (Lipinski definition) is 6. The Balaban J connectivity index is 2.12. The summed E-state index contributed by atoms with van der Waals surface area (Å²) in [6.07, 6.45) is 3.27. The summed E-state index contributed by atoms with van der Waals surface area (Å²) in [5, 5.41) is 12.3. The topological polar surface area (TPSA) is 84.3 Å². The van der Waals surface area contributed by atoms with Crippen molar-refractivity contribution in [2.75, 3.05) is 18.5 Å². The number of nitrogens with zero attached hydrogens (tertiary/aromatic N) is 2. The lowest BCUT2D eigenvalue weighted by Crippen LogP contribution is -2.27. The molecule has 1 aliphatic rings. The highest BCUT2D eigenvalue weighted by Gasteiger charge is 2.42. The first-order valence-corrected chi connectivity index (χ1v) is 6.00. The first-order chi connectivity index (χ1) is 8.60. The Labute approximate surface area is 105 Å². The summed E-state index contributed by atoms with van der Waals surface area (Å²) in [4.78, 5) is 19.9. The number of aliphatic hydroxyl groups excluding tert-OH is 1. The molecule has 0 atom stereocenters. The molecule has 6 nitrogen and oxygen atoms in total. The van der Waals surface area contributed by atoms with Crippen LogP contribution in [-0.2, 0) is 4.74 Å². The van der Waals surface area contributed by atoms with Crippen LogP contribution in [0.25, 0.3) is 0 Å². The third-order valence-electron chi connectivity index (χ3n) is 3.01. The fraction of sp³-hybridized carbons (Fsp3) is 0.583. The number of carbonyl (C=O) groups excluding carboxylic acids is 1. The van der Waals surface area contributed by atoms with E-state index in [0.29, 0.717) is 23.8 Å². The zero-order valence-electron chi connectivity index (χ0n) is 10.6. The summed E-state index contributed by atoms with van der Waals surface area (Å²) in [5.74, 6) is 0.0249. The number of carbonyl (C=O) groups is 1. The van der Waals surface area contributed by atoms with Gasteiger partial charge in [-0.05, 0) is 26.7 Å². The van der Waals surface area contributed by atoms with Gasteiger partial charge in [0.15, 0.2) is 0 Å². The summed E-state index contributed by atoms with van der Waals surface area (Å²) in [6.45, 7) is 3.88. The fourth-order valence-electron chi connectivity index (χ4n) is 1.65. The maximum Gasteiger partial charge on any atom is 0.341 e. The molecule has 0 spiro atoms. The second-order valence-electron chi connectivity index (χ2n) is 4.48. The van der Waals surface area contributed by atoms with Crippen LogP contribution < -0.4 is 5.32 Å². The summed E-state index contributed by atoms with van der Waals surface area (Å²) in [5.41, 5.74) is 0.675. The van der Waals surface area contributed by atoms with Gasteiger partial charge in [0, 0.05) is 6.20 Å². The predicted octanol–water partition coefficient (Wildman–Crippen LogP) is 0.899. The van der Waals surface area contributed by atoms with E-state index in [1.54, 1.807) is 13.8 Å². The van der Waals surface area contributed by atoms with E-state index in [0.717, 1.165) is 12.8 Å². The maximum atomic E-state index is 11.6. The molecule has 2 N–H and O–H groups in total. The van der Waals surface area contributed by atoms with Gasteiger partial charge in [0.25, 0.3) is 0 Å². The van der Waals surface area contributed by atoms with Crippen molar-refractivity contribution < 1.29 is 14.6 Å². The van der Waals surface area contributed by atoms with E-state index in [9.17, 15) is 9.90 Å². The number of anilines is 1. The summed E-state index contributed by atoms with van der Waals surface area (Å²) >= 11 is 0. The van der Waals surface area contributed by atoms with Gasteiger partial charge >= 0.3 is 5.97 Å². The monoisotopic (exact) mass is 251 g/mol. The lowest BCUT2D eigenvalue weighted by atomic mass is 10.2. The number of aliphatic hydroxyl groups is 1. The standard InChI is InChI=1S/C12H17N3O3/c1-3-18-10(17)9-6-13-11(14-8(9)2)15-12(7-16)4-5-12/h6,16H,3-5,7H2,1-2H3,(H,13,14,15). The van der Waals surface area contributed by atoms with Crippen molar-refractivity contribution in [2.24, 2.45) is 0 Å². The Hall–Kier alpha value is -1.69. The summed E-state index contributed by atoms with van der Waals surface area (Å²) in [7, 11) is 0. The molecule has 1 aromatic rings. The van der Waals surface area contributed by atoms with Crippen LogP contribution in [0.4, 0.5) is 5.95 Å². The molecule has 0 saturated heterocycles. The van der Waals surface area contributed by atoms with Crippen LogP contribution in [0.1, 0.15) is 35.8 Å². The minimum absolute atomic E-state index is 0.0645. The minimum atomic E-state index is -0.412. The van der Waals surface area contributed by atoms with Gasteiger partial charge in [-0.3, -0.25) is 0 Å². The lowest BCUT2D eigenvalue weighted by Gasteiger charge is -2.14. The van der Waals surface area contributed by atoms with Gasteiger partial charge in [0.1, 0.15) is 0 Å². The van der Waals surface area contributed by atoms with Gasteiger partial charge in [-0.25, -0.2) is 14.8 Å². The number of rotatable bonds is 5. The summed E-state index contributed by atoms with van der Waals surface area (Å²) in [6, 6.07) is 0. The van der Waals surface area contributed by atoms with E-state index in [4.69, 9.17) is 4.74 Å². The van der Waals surface area contributed by atoms with Crippen LogP contribution in [0.5, 0.6) is 0 Å². The average molecular weight is 251 g/mol. The van der Waals surface area contributed by atoms with Crippen molar-refractivity contribution in [1.82, 2.24) is 9.97 Å². The molecule has 1 saturated carbocycles. The molecule has 2 rings (SSSR count). The molecule has 6 heteroatoms.